The summed E-state index contributed by atoms with van der Waals surface area (Å²) in [6.45, 7) is 5.84. The van der Waals surface area contributed by atoms with E-state index in [1.54, 1.807) is 18.3 Å². The Bertz CT molecular complexity index is 820. The highest BCUT2D eigenvalue weighted by Crippen LogP contribution is 2.24. The second-order valence-electron chi connectivity index (χ2n) is 5.05. The zero-order valence-corrected chi connectivity index (χ0v) is 12.8. The van der Waals surface area contributed by atoms with Crippen molar-refractivity contribution in [3.05, 3.63) is 51.8 Å². The van der Waals surface area contributed by atoms with E-state index in [0.29, 0.717) is 12.1 Å². The van der Waals surface area contributed by atoms with Gasteiger partial charge in [0.1, 0.15) is 11.5 Å². The molecule has 0 aliphatic rings. The lowest BCUT2D eigenvalue weighted by atomic mass is 10.2. The summed E-state index contributed by atoms with van der Waals surface area (Å²) in [6.07, 6.45) is 1.99. The molecule has 0 saturated heterocycles. The Morgan fingerprint density at radius 1 is 1.24 bits per heavy atom. The maximum atomic E-state index is 14.0. The van der Waals surface area contributed by atoms with E-state index in [-0.39, 0.29) is 5.69 Å². The maximum absolute atomic E-state index is 14.0. The van der Waals surface area contributed by atoms with Crippen LogP contribution in [0.2, 0.25) is 0 Å². The minimum atomic E-state index is -0.585. The van der Waals surface area contributed by atoms with E-state index in [4.69, 9.17) is 0 Å². The van der Waals surface area contributed by atoms with Crippen LogP contribution in [0.4, 0.5) is 14.5 Å². The van der Waals surface area contributed by atoms with E-state index in [9.17, 15) is 8.78 Å². The fraction of sp³-hybridized carbons (Fsp3) is 0.267. The van der Waals surface area contributed by atoms with Gasteiger partial charge in [-0.15, -0.1) is 11.3 Å². The van der Waals surface area contributed by atoms with Crippen LogP contribution >= 0.6 is 11.3 Å². The van der Waals surface area contributed by atoms with E-state index in [1.165, 1.54) is 12.1 Å². The van der Waals surface area contributed by atoms with Crippen LogP contribution in [0.15, 0.2) is 18.3 Å². The average Bonchev–Trinajstić information content (AvgIpc) is 2.90. The third kappa shape index (κ3) is 2.40. The molecule has 6 heteroatoms. The van der Waals surface area contributed by atoms with Gasteiger partial charge < -0.3 is 5.32 Å². The first-order chi connectivity index (χ1) is 9.97. The van der Waals surface area contributed by atoms with Gasteiger partial charge in [-0.1, -0.05) is 6.07 Å². The van der Waals surface area contributed by atoms with Crippen LogP contribution in [0.1, 0.15) is 21.8 Å². The lowest BCUT2D eigenvalue weighted by Crippen LogP contribution is -2.07. The minimum Gasteiger partial charge on any atom is -0.375 e. The summed E-state index contributed by atoms with van der Waals surface area (Å²) in [5.74, 6) is -1.13. The number of hydrogen-bond acceptors (Lipinski definition) is 3. The largest absolute Gasteiger partial charge is 0.375 e. The van der Waals surface area contributed by atoms with Gasteiger partial charge in [-0.2, -0.15) is 0 Å². The lowest BCUT2D eigenvalue weighted by Gasteiger charge is -2.10. The van der Waals surface area contributed by atoms with Gasteiger partial charge in [0.05, 0.1) is 17.9 Å². The summed E-state index contributed by atoms with van der Waals surface area (Å²) in [6, 6.07) is 2.70. The van der Waals surface area contributed by atoms with Crippen LogP contribution in [-0.4, -0.2) is 9.38 Å². The number of halogens is 2. The Hall–Kier alpha value is -1.95. The first-order valence-electron chi connectivity index (χ1n) is 6.60. The third-order valence-electron chi connectivity index (χ3n) is 3.46. The molecule has 1 N–H and O–H groups in total. The van der Waals surface area contributed by atoms with Crippen molar-refractivity contribution in [1.82, 2.24) is 9.38 Å². The number of imidazole rings is 1. The number of aryl methyl sites for hydroxylation is 3. The summed E-state index contributed by atoms with van der Waals surface area (Å²) >= 11 is 1.59. The predicted octanol–water partition coefficient (Wildman–Crippen LogP) is 4.21. The highest BCUT2D eigenvalue weighted by molar-refractivity contribution is 7.17. The summed E-state index contributed by atoms with van der Waals surface area (Å²) in [4.78, 5) is 6.50. The highest BCUT2D eigenvalue weighted by Gasteiger charge is 2.14. The molecule has 3 nitrogen and oxygen atoms in total. The van der Waals surface area contributed by atoms with Crippen LogP contribution in [0.5, 0.6) is 0 Å². The van der Waals surface area contributed by atoms with Gasteiger partial charge in [-0.25, -0.2) is 13.8 Å². The summed E-state index contributed by atoms with van der Waals surface area (Å²) in [5, 5.41) is 2.86. The third-order valence-corrected chi connectivity index (χ3v) is 4.36. The van der Waals surface area contributed by atoms with Crippen molar-refractivity contribution in [3.8, 4) is 0 Å². The zero-order chi connectivity index (χ0) is 15.1. The number of benzene rings is 1. The molecule has 2 aromatic heterocycles. The van der Waals surface area contributed by atoms with E-state index < -0.39 is 11.6 Å². The molecule has 2 heterocycles. The predicted molar refractivity (Wildman–Crippen MR) is 81.0 cm³/mol. The molecule has 3 rings (SSSR count). The molecule has 0 saturated carbocycles. The van der Waals surface area contributed by atoms with Gasteiger partial charge in [-0.05, 0) is 32.4 Å². The second kappa shape index (κ2) is 5.11. The molecule has 0 unspecified atom stereocenters. The first-order valence-corrected chi connectivity index (χ1v) is 7.41. The second-order valence-corrected chi connectivity index (χ2v) is 6.26. The van der Waals surface area contributed by atoms with Crippen LogP contribution in [0, 0.1) is 32.4 Å². The Balaban J connectivity index is 1.93. The van der Waals surface area contributed by atoms with E-state index >= 15 is 0 Å². The van der Waals surface area contributed by atoms with E-state index in [0.717, 1.165) is 21.2 Å². The van der Waals surface area contributed by atoms with Gasteiger partial charge in [-0.3, -0.25) is 4.40 Å². The number of rotatable bonds is 3. The number of fused-ring (bicyclic) bond motifs is 1. The summed E-state index contributed by atoms with van der Waals surface area (Å²) in [5.41, 5.74) is 2.11. The van der Waals surface area contributed by atoms with Crippen molar-refractivity contribution >= 4 is 22.0 Å². The number of thiazole rings is 1. The number of nitrogens with one attached hydrogen (secondary N) is 1. The van der Waals surface area contributed by atoms with Gasteiger partial charge >= 0.3 is 0 Å². The number of nitrogens with zero attached hydrogens (tertiary/aromatic N) is 2. The fourth-order valence-corrected chi connectivity index (χ4v) is 3.20. The fourth-order valence-electron chi connectivity index (χ4n) is 2.31. The Morgan fingerprint density at radius 2 is 2.00 bits per heavy atom. The van der Waals surface area contributed by atoms with E-state index in [1.807, 2.05) is 24.4 Å². The van der Waals surface area contributed by atoms with Crippen LogP contribution in [0.3, 0.4) is 0 Å². The zero-order valence-electron chi connectivity index (χ0n) is 12.0. The molecule has 0 aliphatic heterocycles. The summed E-state index contributed by atoms with van der Waals surface area (Å²) < 4.78 is 29.7. The molecule has 0 aliphatic carbocycles. The Morgan fingerprint density at radius 3 is 2.76 bits per heavy atom. The number of hydrogen-bond donors (Lipinski definition) is 1. The van der Waals surface area contributed by atoms with Crippen molar-refractivity contribution in [3.63, 3.8) is 0 Å². The molecule has 3 aromatic rings. The summed E-state index contributed by atoms with van der Waals surface area (Å²) in [7, 11) is 0. The molecular formula is C15H15F2N3S. The van der Waals surface area contributed by atoms with Gasteiger partial charge in [0, 0.05) is 11.1 Å². The van der Waals surface area contributed by atoms with Crippen LogP contribution < -0.4 is 5.32 Å². The lowest BCUT2D eigenvalue weighted by molar-refractivity contribution is 0.582. The SMILES string of the molecule is Cc1cn2c(CNc3c(F)ccc(C)c3F)c(C)nc2s1. The molecule has 0 bridgehead atoms. The van der Waals surface area contributed by atoms with Crippen LogP contribution in [-0.2, 0) is 6.54 Å². The van der Waals surface area contributed by atoms with Crippen molar-refractivity contribution < 1.29 is 8.78 Å². The van der Waals surface area contributed by atoms with Crippen molar-refractivity contribution in [2.45, 2.75) is 27.3 Å². The normalized spacial score (nSPS) is 11.3. The highest BCUT2D eigenvalue weighted by atomic mass is 32.1. The van der Waals surface area contributed by atoms with Crippen molar-refractivity contribution in [2.75, 3.05) is 5.32 Å². The molecule has 110 valence electrons. The Kier molecular flexibility index (Phi) is 3.41. The van der Waals surface area contributed by atoms with Gasteiger partial charge in [0.2, 0.25) is 0 Å². The molecule has 0 spiro atoms. The van der Waals surface area contributed by atoms with Crippen LogP contribution in [0.25, 0.3) is 4.96 Å². The maximum Gasteiger partial charge on any atom is 0.194 e. The van der Waals surface area contributed by atoms with E-state index in [2.05, 4.69) is 10.3 Å². The molecule has 0 amide bonds. The number of aromatic nitrogens is 2. The molecule has 0 radical (unpaired) electrons. The first kappa shape index (κ1) is 14.0. The molecule has 0 atom stereocenters. The quantitative estimate of drug-likeness (QED) is 0.785. The average molecular weight is 307 g/mol. The minimum absolute atomic E-state index is 0.0868. The van der Waals surface area contributed by atoms with Gasteiger partial charge in [0.25, 0.3) is 0 Å². The molecule has 21 heavy (non-hydrogen) atoms. The van der Waals surface area contributed by atoms with Crippen molar-refractivity contribution in [2.24, 2.45) is 0 Å². The molecule has 1 aromatic carbocycles. The monoisotopic (exact) mass is 307 g/mol. The van der Waals surface area contributed by atoms with Crippen molar-refractivity contribution in [1.29, 1.82) is 0 Å². The molecule has 0 fully saturated rings. The molecular weight excluding hydrogens is 292 g/mol. The standard InChI is InChI=1S/C15H15F2N3S/c1-8-4-5-11(16)14(13(8)17)18-6-12-10(3)19-15-20(12)7-9(2)21-15/h4-5,7,18H,6H2,1-3H3. The smallest absolute Gasteiger partial charge is 0.194 e. The Labute approximate surface area is 125 Å². The van der Waals surface area contributed by atoms with Gasteiger partial charge in [0.15, 0.2) is 10.8 Å². The number of anilines is 1. The topological polar surface area (TPSA) is 29.3 Å².